The average molecular weight is 409 g/mol. The number of benzene rings is 1. The van der Waals surface area contributed by atoms with Gasteiger partial charge in [-0.1, -0.05) is 12.1 Å². The number of nitrogens with one attached hydrogen (secondary N) is 4. The first kappa shape index (κ1) is 21.3. The molecular formula is C22H28N6O2. The van der Waals surface area contributed by atoms with Crippen LogP contribution in [0, 0.1) is 5.41 Å². The summed E-state index contributed by atoms with van der Waals surface area (Å²) in [5.41, 5.74) is 4.10. The number of alkyl carbamates (subject to hydrolysis) is 1. The molecule has 1 amide bonds. The van der Waals surface area contributed by atoms with Crippen molar-refractivity contribution in [2.75, 3.05) is 12.4 Å². The molecule has 8 heteroatoms. The van der Waals surface area contributed by atoms with Crippen molar-refractivity contribution >= 4 is 18.3 Å². The van der Waals surface area contributed by atoms with Crippen LogP contribution < -0.4 is 16.0 Å². The second kappa shape index (κ2) is 8.94. The molecule has 0 bridgehead atoms. The first-order valence-corrected chi connectivity index (χ1v) is 9.90. The molecule has 1 unspecified atom stereocenters. The van der Waals surface area contributed by atoms with Crippen LogP contribution >= 0.6 is 0 Å². The summed E-state index contributed by atoms with van der Waals surface area (Å²) in [6.45, 7) is 5.56. The van der Waals surface area contributed by atoms with E-state index in [9.17, 15) is 4.79 Å². The van der Waals surface area contributed by atoms with Crippen LogP contribution in [0.25, 0.3) is 11.3 Å². The summed E-state index contributed by atoms with van der Waals surface area (Å²) < 4.78 is 5.38. The van der Waals surface area contributed by atoms with Gasteiger partial charge in [0.05, 0.1) is 17.4 Å². The van der Waals surface area contributed by atoms with Gasteiger partial charge in [-0.25, -0.2) is 14.8 Å². The normalized spacial score (nSPS) is 15.9. The van der Waals surface area contributed by atoms with Crippen molar-refractivity contribution in [2.45, 2.75) is 45.3 Å². The molecule has 158 valence electrons. The first-order chi connectivity index (χ1) is 14.3. The van der Waals surface area contributed by atoms with E-state index in [0.29, 0.717) is 11.6 Å². The number of hydrogen-bond acceptors (Lipinski definition) is 7. The highest BCUT2D eigenvalue weighted by atomic mass is 16.6. The lowest BCUT2D eigenvalue weighted by Gasteiger charge is -2.22. The Kier molecular flexibility index (Phi) is 6.34. The van der Waals surface area contributed by atoms with Gasteiger partial charge in [-0.15, -0.1) is 0 Å². The smallest absolute Gasteiger partial charge is 0.408 e. The fraction of sp³-hybridized carbons (Fsp3) is 0.364. The summed E-state index contributed by atoms with van der Waals surface area (Å²) in [7, 11) is 1.76. The van der Waals surface area contributed by atoms with Crippen LogP contribution in [0.4, 0.5) is 10.7 Å². The predicted molar refractivity (Wildman–Crippen MR) is 117 cm³/mol. The fourth-order valence-corrected chi connectivity index (χ4v) is 3.35. The lowest BCUT2D eigenvalue weighted by molar-refractivity contribution is 0.0503. The highest BCUT2D eigenvalue weighted by Gasteiger charge is 2.26. The number of hydrogen-bond donors (Lipinski definition) is 4. The molecule has 0 saturated heterocycles. The van der Waals surface area contributed by atoms with E-state index in [0.717, 1.165) is 29.7 Å². The summed E-state index contributed by atoms with van der Waals surface area (Å²) in [4.78, 5) is 20.9. The number of rotatable bonds is 6. The van der Waals surface area contributed by atoms with E-state index in [1.807, 2.05) is 39.0 Å². The van der Waals surface area contributed by atoms with Crippen molar-refractivity contribution < 1.29 is 9.53 Å². The Labute approximate surface area is 176 Å². The van der Waals surface area contributed by atoms with Gasteiger partial charge in [0.25, 0.3) is 0 Å². The van der Waals surface area contributed by atoms with Gasteiger partial charge in [-0.3, -0.25) is 0 Å². The summed E-state index contributed by atoms with van der Waals surface area (Å²) >= 11 is 0. The lowest BCUT2D eigenvalue weighted by Crippen LogP contribution is -2.34. The van der Waals surface area contributed by atoms with Crippen LogP contribution in [-0.4, -0.2) is 34.9 Å². The molecule has 8 nitrogen and oxygen atoms in total. The molecule has 1 aliphatic rings. The van der Waals surface area contributed by atoms with E-state index >= 15 is 0 Å². The number of amides is 1. The maximum atomic E-state index is 12.1. The molecule has 0 saturated carbocycles. The second-order valence-corrected chi connectivity index (χ2v) is 8.07. The third-order valence-electron chi connectivity index (χ3n) is 4.57. The number of aromatic nitrogens is 2. The number of nitrogens with zero attached hydrogens (tertiary/aromatic N) is 2. The summed E-state index contributed by atoms with van der Waals surface area (Å²) in [6, 6.07) is 7.96. The molecule has 1 aromatic heterocycles. The van der Waals surface area contributed by atoms with E-state index < -0.39 is 11.7 Å². The molecule has 1 aliphatic carbocycles. The number of anilines is 1. The van der Waals surface area contributed by atoms with Crippen LogP contribution in [0.15, 0.2) is 42.4 Å². The molecule has 1 atom stereocenters. The molecule has 4 N–H and O–H groups in total. The van der Waals surface area contributed by atoms with Gasteiger partial charge in [-0.05, 0) is 56.9 Å². The van der Waals surface area contributed by atoms with Crippen molar-refractivity contribution in [3.63, 3.8) is 0 Å². The number of carbonyl (C=O) groups excluding carboxylic acids is 1. The molecule has 0 fully saturated rings. The van der Waals surface area contributed by atoms with Crippen LogP contribution in [0.2, 0.25) is 0 Å². The van der Waals surface area contributed by atoms with Gasteiger partial charge in [0.15, 0.2) is 0 Å². The lowest BCUT2D eigenvalue weighted by atomic mass is 10.0. The van der Waals surface area contributed by atoms with Gasteiger partial charge in [0.1, 0.15) is 5.60 Å². The number of allylic oxidation sites excluding steroid dienone is 1. The minimum absolute atomic E-state index is 0.0478. The van der Waals surface area contributed by atoms with Crippen LogP contribution in [-0.2, 0) is 11.2 Å². The minimum Gasteiger partial charge on any atom is -0.444 e. The largest absolute Gasteiger partial charge is 0.444 e. The highest BCUT2D eigenvalue weighted by Crippen LogP contribution is 2.34. The Morgan fingerprint density at radius 2 is 2.10 bits per heavy atom. The van der Waals surface area contributed by atoms with Crippen LogP contribution in [0.3, 0.4) is 0 Å². The zero-order valence-corrected chi connectivity index (χ0v) is 17.7. The fourth-order valence-electron chi connectivity index (χ4n) is 3.35. The molecule has 0 aliphatic heterocycles. The Balaban J connectivity index is 1.76. The van der Waals surface area contributed by atoms with Crippen LogP contribution in [0.5, 0.6) is 0 Å². The number of aryl methyl sites for hydroxylation is 1. The molecule has 1 aromatic carbocycles. The predicted octanol–water partition coefficient (Wildman–Crippen LogP) is 3.78. The summed E-state index contributed by atoms with van der Waals surface area (Å²) in [5, 5.41) is 16.3. The Morgan fingerprint density at radius 1 is 1.30 bits per heavy atom. The van der Waals surface area contributed by atoms with Crippen molar-refractivity contribution in [1.29, 1.82) is 5.41 Å². The molecule has 0 spiro atoms. The maximum Gasteiger partial charge on any atom is 0.408 e. The summed E-state index contributed by atoms with van der Waals surface area (Å²) in [6.07, 6.45) is 5.86. The quantitative estimate of drug-likeness (QED) is 0.541. The van der Waals surface area contributed by atoms with Gasteiger partial charge in [-0.2, -0.15) is 0 Å². The van der Waals surface area contributed by atoms with Crippen molar-refractivity contribution in [3.8, 4) is 11.3 Å². The molecule has 2 aromatic rings. The molecule has 1 heterocycles. The van der Waals surface area contributed by atoms with Crippen molar-refractivity contribution in [2.24, 2.45) is 0 Å². The van der Waals surface area contributed by atoms with E-state index in [-0.39, 0.29) is 6.04 Å². The van der Waals surface area contributed by atoms with Gasteiger partial charge in [0, 0.05) is 31.2 Å². The third-order valence-corrected chi connectivity index (χ3v) is 4.57. The molecular weight excluding hydrogens is 380 g/mol. The number of ether oxygens (including phenoxy) is 1. The monoisotopic (exact) mass is 408 g/mol. The van der Waals surface area contributed by atoms with Gasteiger partial charge in [0.2, 0.25) is 5.95 Å². The van der Waals surface area contributed by atoms with E-state index in [2.05, 4.69) is 32.0 Å². The van der Waals surface area contributed by atoms with Gasteiger partial charge < -0.3 is 26.1 Å². The SMILES string of the molecule is CN/C=C(\C=N)Nc1nccc(-c2ccc3c(c2)CCC3NC(=O)OC(C)(C)C)n1. The third kappa shape index (κ3) is 5.34. The molecule has 3 rings (SSSR count). The minimum atomic E-state index is -0.520. The topological polar surface area (TPSA) is 112 Å². The maximum absolute atomic E-state index is 12.1. The second-order valence-electron chi connectivity index (χ2n) is 8.07. The van der Waals surface area contributed by atoms with E-state index in [1.54, 1.807) is 19.4 Å². The average Bonchev–Trinajstić information content (AvgIpc) is 3.08. The molecule has 0 radical (unpaired) electrons. The van der Waals surface area contributed by atoms with E-state index in [1.165, 1.54) is 11.8 Å². The zero-order chi connectivity index (χ0) is 21.7. The Hall–Kier alpha value is -3.42. The van der Waals surface area contributed by atoms with Crippen LogP contribution in [0.1, 0.15) is 44.4 Å². The van der Waals surface area contributed by atoms with Crippen molar-refractivity contribution in [1.82, 2.24) is 20.6 Å². The van der Waals surface area contributed by atoms with Gasteiger partial charge >= 0.3 is 6.09 Å². The number of fused-ring (bicyclic) bond motifs is 1. The Bertz CT molecular complexity index is 964. The first-order valence-electron chi connectivity index (χ1n) is 9.90. The Morgan fingerprint density at radius 3 is 2.80 bits per heavy atom. The zero-order valence-electron chi connectivity index (χ0n) is 17.7. The number of carbonyl (C=O) groups is 1. The summed E-state index contributed by atoms with van der Waals surface area (Å²) in [5.74, 6) is 0.419. The molecule has 30 heavy (non-hydrogen) atoms. The van der Waals surface area contributed by atoms with E-state index in [4.69, 9.17) is 10.1 Å². The standard InChI is InChI=1S/C22H28N6O2/c1-22(2,3)30-21(29)28-19-8-6-14-11-15(5-7-17(14)19)18-9-10-25-20(27-18)26-16(12-23)13-24-4/h5,7,9-13,19,23-24H,6,8H2,1-4H3,(H,28,29)(H,25,26,27)/b16-13+,23-12?. The highest BCUT2D eigenvalue weighted by molar-refractivity contribution is 5.79. The van der Waals surface area contributed by atoms with Crippen molar-refractivity contribution in [3.05, 3.63) is 53.5 Å².